The molecule has 0 radical (unpaired) electrons. The van der Waals surface area contributed by atoms with Gasteiger partial charge in [0.25, 0.3) is 11.5 Å². The second-order valence-corrected chi connectivity index (χ2v) is 9.16. The smallest absolute Gasteiger partial charge is 0.382 e. The minimum atomic E-state index is -4.88. The number of ether oxygens (including phenoxy) is 2. The van der Waals surface area contributed by atoms with Crippen molar-refractivity contribution in [3.8, 4) is 6.07 Å². The average molecular weight is 536 g/mol. The molecule has 2 aromatic heterocycles. The third-order valence-corrected chi connectivity index (χ3v) is 6.66. The highest BCUT2D eigenvalue weighted by Crippen LogP contribution is 2.32. The number of H-pyrrole nitrogens is 1. The Balaban J connectivity index is 1.32. The predicted molar refractivity (Wildman–Crippen MR) is 129 cm³/mol. The molecule has 0 saturated carbocycles. The van der Waals surface area contributed by atoms with E-state index in [9.17, 15) is 22.8 Å². The number of anilines is 2. The standard InChI is InChI=1S/C24H28F3N7O4/c1-37-13-16(31-18-12-30-32-22(35)21(18)24(25,26)27)14-38-19-6-9-34(23(19)36)17-4-7-33(8-5-17)20-3-2-15(10-28)11-29-20/h2-3,11-12,16-17,19H,4-9,13-14H2,1H3,(H2,31,32,35)/t16-,19+/m0/s1. The van der Waals surface area contributed by atoms with Gasteiger partial charge in [0.15, 0.2) is 0 Å². The summed E-state index contributed by atoms with van der Waals surface area (Å²) >= 11 is 0. The number of amides is 1. The first-order valence-corrected chi connectivity index (χ1v) is 12.1. The van der Waals surface area contributed by atoms with Crippen LogP contribution in [0.5, 0.6) is 0 Å². The van der Waals surface area contributed by atoms with E-state index in [1.807, 2.05) is 17.0 Å². The van der Waals surface area contributed by atoms with Crippen molar-refractivity contribution in [1.82, 2.24) is 20.1 Å². The fraction of sp³-hybridized carbons (Fsp3) is 0.542. The van der Waals surface area contributed by atoms with Crippen LogP contribution in [-0.4, -0.2) is 84.1 Å². The predicted octanol–water partition coefficient (Wildman–Crippen LogP) is 1.77. The maximum absolute atomic E-state index is 13.4. The molecule has 2 N–H and O–H groups in total. The number of halogens is 3. The number of pyridine rings is 1. The van der Waals surface area contributed by atoms with Gasteiger partial charge in [-0.15, -0.1) is 0 Å². The van der Waals surface area contributed by atoms with Crippen LogP contribution >= 0.6 is 0 Å². The molecule has 11 nitrogen and oxygen atoms in total. The molecule has 2 aliphatic rings. The highest BCUT2D eigenvalue weighted by atomic mass is 19.4. The number of piperidine rings is 1. The number of aromatic amines is 1. The molecule has 0 unspecified atom stereocenters. The molecule has 2 fully saturated rings. The number of nitriles is 1. The molecule has 204 valence electrons. The van der Waals surface area contributed by atoms with Crippen LogP contribution in [-0.2, 0) is 20.4 Å². The van der Waals surface area contributed by atoms with Crippen molar-refractivity contribution in [3.05, 3.63) is 46.0 Å². The molecule has 0 bridgehead atoms. The zero-order chi connectivity index (χ0) is 27.3. The van der Waals surface area contributed by atoms with Crippen molar-refractivity contribution in [2.75, 3.05) is 50.2 Å². The Kier molecular flexibility index (Phi) is 8.48. The van der Waals surface area contributed by atoms with Gasteiger partial charge in [-0.25, -0.2) is 10.1 Å². The number of nitrogens with zero attached hydrogens (tertiary/aromatic N) is 5. The maximum Gasteiger partial charge on any atom is 0.423 e. The van der Waals surface area contributed by atoms with Gasteiger partial charge in [-0.1, -0.05) is 0 Å². The third-order valence-electron chi connectivity index (χ3n) is 6.66. The van der Waals surface area contributed by atoms with Gasteiger partial charge in [-0.3, -0.25) is 9.59 Å². The topological polar surface area (TPSA) is 136 Å². The summed E-state index contributed by atoms with van der Waals surface area (Å²) in [6.45, 7) is 1.83. The molecule has 2 saturated heterocycles. The Morgan fingerprint density at radius 3 is 2.58 bits per heavy atom. The fourth-order valence-corrected chi connectivity index (χ4v) is 4.81. The molecular formula is C24H28F3N7O4. The number of hydrogen-bond donors (Lipinski definition) is 2. The van der Waals surface area contributed by atoms with Gasteiger partial charge in [0.2, 0.25) is 0 Å². The van der Waals surface area contributed by atoms with Crippen molar-refractivity contribution in [2.24, 2.45) is 0 Å². The molecule has 14 heteroatoms. The molecule has 2 atom stereocenters. The van der Waals surface area contributed by atoms with Crippen molar-refractivity contribution in [2.45, 2.75) is 43.6 Å². The monoisotopic (exact) mass is 535 g/mol. The summed E-state index contributed by atoms with van der Waals surface area (Å²) in [5, 5.41) is 16.8. The van der Waals surface area contributed by atoms with Gasteiger partial charge in [0.1, 0.15) is 23.6 Å². The Morgan fingerprint density at radius 1 is 1.18 bits per heavy atom. The minimum absolute atomic E-state index is 0.0173. The van der Waals surface area contributed by atoms with Crippen LogP contribution in [0.3, 0.4) is 0 Å². The summed E-state index contributed by atoms with van der Waals surface area (Å²) in [5.74, 6) is 0.641. The maximum atomic E-state index is 13.4. The van der Waals surface area contributed by atoms with Crippen LogP contribution in [0, 0.1) is 11.3 Å². The molecule has 0 aromatic carbocycles. The molecule has 4 heterocycles. The first-order chi connectivity index (χ1) is 18.2. The van der Waals surface area contributed by atoms with E-state index in [1.54, 1.807) is 11.2 Å². The van der Waals surface area contributed by atoms with E-state index in [1.165, 1.54) is 13.3 Å². The Labute approximate surface area is 216 Å². The lowest BCUT2D eigenvalue weighted by Crippen LogP contribution is -2.47. The van der Waals surface area contributed by atoms with Crippen molar-refractivity contribution >= 4 is 17.4 Å². The number of hydrogen-bond acceptors (Lipinski definition) is 9. The second kappa shape index (κ2) is 11.8. The summed E-state index contributed by atoms with van der Waals surface area (Å²) in [6, 6.07) is 4.88. The Bertz CT molecular complexity index is 1210. The molecule has 0 aliphatic carbocycles. The van der Waals surface area contributed by atoms with E-state index >= 15 is 0 Å². The van der Waals surface area contributed by atoms with Gasteiger partial charge in [-0.2, -0.15) is 23.5 Å². The van der Waals surface area contributed by atoms with E-state index < -0.39 is 35.1 Å². The summed E-state index contributed by atoms with van der Waals surface area (Å²) in [6.07, 6.45) is -1.20. The van der Waals surface area contributed by atoms with Crippen molar-refractivity contribution < 1.29 is 27.4 Å². The lowest BCUT2D eigenvalue weighted by Gasteiger charge is -2.37. The van der Waals surface area contributed by atoms with E-state index in [4.69, 9.17) is 14.7 Å². The van der Waals surface area contributed by atoms with Crippen LogP contribution in [0.4, 0.5) is 24.7 Å². The zero-order valence-corrected chi connectivity index (χ0v) is 20.7. The van der Waals surface area contributed by atoms with Crippen LogP contribution in [0.1, 0.15) is 30.4 Å². The number of alkyl halides is 3. The average Bonchev–Trinajstić information content (AvgIpc) is 3.27. The fourth-order valence-electron chi connectivity index (χ4n) is 4.81. The summed E-state index contributed by atoms with van der Waals surface area (Å²) < 4.78 is 51.1. The molecule has 4 rings (SSSR count). The Morgan fingerprint density at radius 2 is 1.95 bits per heavy atom. The molecule has 0 spiro atoms. The number of methoxy groups -OCH3 is 1. The number of nitrogens with one attached hydrogen (secondary N) is 2. The second-order valence-electron chi connectivity index (χ2n) is 9.16. The summed E-state index contributed by atoms with van der Waals surface area (Å²) in [5.41, 5.74) is -2.74. The van der Waals surface area contributed by atoms with E-state index in [0.29, 0.717) is 31.6 Å². The molecule has 1 amide bonds. The van der Waals surface area contributed by atoms with Gasteiger partial charge in [0.05, 0.1) is 36.7 Å². The normalized spacial score (nSPS) is 19.4. The number of carbonyl (C=O) groups excluding carboxylic acids is 1. The third kappa shape index (κ3) is 6.22. The zero-order valence-electron chi connectivity index (χ0n) is 20.7. The highest BCUT2D eigenvalue weighted by molar-refractivity contribution is 5.83. The van der Waals surface area contributed by atoms with Crippen LogP contribution in [0.2, 0.25) is 0 Å². The van der Waals surface area contributed by atoms with Crippen molar-refractivity contribution in [3.63, 3.8) is 0 Å². The van der Waals surface area contributed by atoms with E-state index in [-0.39, 0.29) is 25.2 Å². The quantitative estimate of drug-likeness (QED) is 0.492. The molecule has 2 aromatic rings. The molecular weight excluding hydrogens is 507 g/mol. The van der Waals surface area contributed by atoms with E-state index in [0.717, 1.165) is 24.9 Å². The summed E-state index contributed by atoms with van der Waals surface area (Å²) in [4.78, 5) is 33.1. The molecule has 38 heavy (non-hydrogen) atoms. The number of carbonyl (C=O) groups is 1. The number of likely N-dealkylation sites (tertiary alicyclic amines) is 1. The van der Waals surface area contributed by atoms with Crippen molar-refractivity contribution in [1.29, 1.82) is 5.26 Å². The SMILES string of the molecule is COC[C@@H](CO[C@@H]1CCN(C2CCN(c3ccc(C#N)cn3)CC2)C1=O)Nc1cn[nH]c(=O)c1C(F)(F)F. The van der Waals surface area contributed by atoms with Gasteiger partial charge >= 0.3 is 6.18 Å². The molecule has 2 aliphatic heterocycles. The largest absolute Gasteiger partial charge is 0.423 e. The number of rotatable bonds is 9. The first kappa shape index (κ1) is 27.3. The summed E-state index contributed by atoms with van der Waals surface area (Å²) in [7, 11) is 1.39. The van der Waals surface area contributed by atoms with Crippen LogP contribution in [0.25, 0.3) is 0 Å². The number of aromatic nitrogens is 3. The lowest BCUT2D eigenvalue weighted by molar-refractivity contribution is -0.139. The van der Waals surface area contributed by atoms with Crippen LogP contribution in [0.15, 0.2) is 29.3 Å². The lowest BCUT2D eigenvalue weighted by atomic mass is 10.0. The minimum Gasteiger partial charge on any atom is -0.382 e. The first-order valence-electron chi connectivity index (χ1n) is 12.1. The van der Waals surface area contributed by atoms with Gasteiger partial charge in [-0.05, 0) is 25.0 Å². The van der Waals surface area contributed by atoms with Gasteiger partial charge in [0, 0.05) is 45.4 Å². The van der Waals surface area contributed by atoms with E-state index in [2.05, 4.69) is 20.3 Å². The highest BCUT2D eigenvalue weighted by Gasteiger charge is 2.39. The Hall–Kier alpha value is -3.70. The van der Waals surface area contributed by atoms with Crippen LogP contribution < -0.4 is 15.8 Å². The van der Waals surface area contributed by atoms with Gasteiger partial charge < -0.3 is 24.6 Å².